The molecule has 292 valence electrons. The van der Waals surface area contributed by atoms with Crippen molar-refractivity contribution in [3.05, 3.63) is 247 Å². The fourth-order valence-corrected chi connectivity index (χ4v) is 11.6. The van der Waals surface area contributed by atoms with Crippen molar-refractivity contribution in [2.75, 3.05) is 4.90 Å². The van der Waals surface area contributed by atoms with Crippen LogP contribution < -0.4 is 4.90 Å². The van der Waals surface area contributed by atoms with Crippen molar-refractivity contribution in [2.24, 2.45) is 0 Å². The summed E-state index contributed by atoms with van der Waals surface area (Å²) < 4.78 is 6.48. The Morgan fingerprint density at radius 3 is 1.49 bits per heavy atom. The van der Waals surface area contributed by atoms with Crippen LogP contribution in [-0.4, -0.2) is 0 Å². The van der Waals surface area contributed by atoms with Crippen LogP contribution in [0.15, 0.2) is 229 Å². The first kappa shape index (κ1) is 34.5. The first-order valence-electron chi connectivity index (χ1n) is 21.8. The maximum absolute atomic E-state index is 6.48. The maximum Gasteiger partial charge on any atom is 0.136 e. The van der Waals surface area contributed by atoms with E-state index in [-0.39, 0.29) is 0 Å². The Bertz CT molecular complexity index is 3760. The van der Waals surface area contributed by atoms with E-state index in [0.717, 1.165) is 33.6 Å². The molecule has 0 fully saturated rings. The van der Waals surface area contributed by atoms with E-state index in [9.17, 15) is 0 Å². The highest BCUT2D eigenvalue weighted by molar-refractivity contribution is 6.36. The zero-order valence-electron chi connectivity index (χ0n) is 34.2. The molecule has 0 radical (unpaired) electrons. The topological polar surface area (TPSA) is 16.4 Å². The van der Waals surface area contributed by atoms with E-state index >= 15 is 0 Å². The van der Waals surface area contributed by atoms with Crippen molar-refractivity contribution in [3.63, 3.8) is 0 Å². The standard InChI is InChI=1S/C61H37NO/c1-2-15-38(16-3-1)39-29-31-40(32-30-39)62(41-33-34-45-44-19-8-12-26-53(44)61(54(45)37-41)51-24-10-6-17-42(51)43-18-7-11-25-52(43)61)55-27-14-23-47-49-35-36-57-60(50-22-9-13-28-56(50)63-57)59(49)48-21-5-4-20-46(48)58(47)55/h1-37H. The number of nitrogens with zero attached hydrogens (tertiary/aromatic N) is 1. The van der Waals surface area contributed by atoms with Crippen molar-refractivity contribution in [1.82, 2.24) is 0 Å². The predicted molar refractivity (Wildman–Crippen MR) is 263 cm³/mol. The molecule has 0 saturated carbocycles. The van der Waals surface area contributed by atoms with Gasteiger partial charge < -0.3 is 9.32 Å². The van der Waals surface area contributed by atoms with Gasteiger partial charge in [-0.15, -0.1) is 0 Å². The van der Waals surface area contributed by atoms with Gasteiger partial charge in [0, 0.05) is 32.9 Å². The van der Waals surface area contributed by atoms with Crippen LogP contribution in [0.3, 0.4) is 0 Å². The van der Waals surface area contributed by atoms with Gasteiger partial charge in [0.1, 0.15) is 11.2 Å². The quantitative estimate of drug-likeness (QED) is 0.165. The highest BCUT2D eigenvalue weighted by Crippen LogP contribution is 2.63. The van der Waals surface area contributed by atoms with Gasteiger partial charge in [-0.3, -0.25) is 0 Å². The minimum atomic E-state index is -0.460. The number of hydrogen-bond acceptors (Lipinski definition) is 2. The van der Waals surface area contributed by atoms with Crippen LogP contribution in [0.5, 0.6) is 0 Å². The molecule has 2 aliphatic rings. The molecule has 0 bridgehead atoms. The number of rotatable bonds is 4. The van der Waals surface area contributed by atoms with Crippen molar-refractivity contribution >= 4 is 71.3 Å². The first-order valence-corrected chi connectivity index (χ1v) is 21.8. The number of anilines is 3. The lowest BCUT2D eigenvalue weighted by Gasteiger charge is -2.32. The van der Waals surface area contributed by atoms with Crippen LogP contribution in [0.4, 0.5) is 17.1 Å². The molecule has 0 aliphatic heterocycles. The summed E-state index contributed by atoms with van der Waals surface area (Å²) in [5.74, 6) is 0. The van der Waals surface area contributed by atoms with Crippen LogP contribution in [0.2, 0.25) is 0 Å². The van der Waals surface area contributed by atoms with Gasteiger partial charge in [0.2, 0.25) is 0 Å². The number of hydrogen-bond donors (Lipinski definition) is 0. The molecule has 1 aromatic heterocycles. The maximum atomic E-state index is 6.48. The minimum Gasteiger partial charge on any atom is -0.456 e. The summed E-state index contributed by atoms with van der Waals surface area (Å²) in [5, 5.41) is 9.61. The van der Waals surface area contributed by atoms with E-state index in [2.05, 4.69) is 229 Å². The third kappa shape index (κ3) is 4.62. The van der Waals surface area contributed by atoms with E-state index in [1.165, 1.54) is 93.3 Å². The highest BCUT2D eigenvalue weighted by Gasteiger charge is 2.51. The second-order valence-corrected chi connectivity index (χ2v) is 17.1. The molecule has 0 N–H and O–H groups in total. The molecule has 63 heavy (non-hydrogen) atoms. The third-order valence-electron chi connectivity index (χ3n) is 14.1. The van der Waals surface area contributed by atoms with Gasteiger partial charge in [-0.05, 0) is 126 Å². The average Bonchev–Trinajstić information content (AvgIpc) is 3.99. The molecule has 1 heterocycles. The summed E-state index contributed by atoms with van der Waals surface area (Å²) >= 11 is 0. The minimum absolute atomic E-state index is 0.460. The largest absolute Gasteiger partial charge is 0.456 e. The van der Waals surface area contributed by atoms with E-state index < -0.39 is 5.41 Å². The molecule has 11 aromatic carbocycles. The monoisotopic (exact) mass is 799 g/mol. The van der Waals surface area contributed by atoms with Crippen molar-refractivity contribution in [3.8, 4) is 33.4 Å². The van der Waals surface area contributed by atoms with Crippen LogP contribution in [0, 0.1) is 0 Å². The summed E-state index contributed by atoms with van der Waals surface area (Å²) in [4.78, 5) is 2.50. The van der Waals surface area contributed by atoms with Gasteiger partial charge in [0.15, 0.2) is 0 Å². The Morgan fingerprint density at radius 2 is 0.810 bits per heavy atom. The summed E-state index contributed by atoms with van der Waals surface area (Å²) in [6, 6.07) is 82.9. The third-order valence-corrected chi connectivity index (χ3v) is 14.1. The Balaban J connectivity index is 1.08. The summed E-state index contributed by atoms with van der Waals surface area (Å²) in [6.45, 7) is 0. The van der Waals surface area contributed by atoms with Crippen molar-refractivity contribution < 1.29 is 4.42 Å². The first-order chi connectivity index (χ1) is 31.3. The molecule has 0 amide bonds. The van der Waals surface area contributed by atoms with Gasteiger partial charge in [0.25, 0.3) is 0 Å². The van der Waals surface area contributed by atoms with Crippen LogP contribution >= 0.6 is 0 Å². The molecule has 14 rings (SSSR count). The van der Waals surface area contributed by atoms with E-state index in [4.69, 9.17) is 4.42 Å². The fraction of sp³-hybridized carbons (Fsp3) is 0.0164. The Kier molecular flexibility index (Phi) is 7.07. The summed E-state index contributed by atoms with van der Waals surface area (Å²) in [5.41, 5.74) is 17.6. The van der Waals surface area contributed by atoms with E-state index in [1.807, 2.05) is 0 Å². The van der Waals surface area contributed by atoms with Crippen molar-refractivity contribution in [1.29, 1.82) is 0 Å². The normalized spacial score (nSPS) is 13.2. The molecule has 2 aliphatic carbocycles. The number of fused-ring (bicyclic) bond motifs is 20. The lowest BCUT2D eigenvalue weighted by atomic mass is 9.70. The smallest absolute Gasteiger partial charge is 0.136 e. The molecule has 0 unspecified atom stereocenters. The molecule has 0 saturated heterocycles. The molecular weight excluding hydrogens is 763 g/mol. The number of para-hydroxylation sites is 1. The molecule has 0 atom stereocenters. The number of benzene rings is 11. The Morgan fingerprint density at radius 1 is 0.302 bits per heavy atom. The van der Waals surface area contributed by atoms with Crippen LogP contribution in [0.25, 0.3) is 87.6 Å². The molecule has 2 nitrogen and oxygen atoms in total. The number of furan rings is 1. The van der Waals surface area contributed by atoms with Crippen molar-refractivity contribution in [2.45, 2.75) is 5.41 Å². The highest BCUT2D eigenvalue weighted by atomic mass is 16.3. The SMILES string of the molecule is c1ccc(-c2ccc(N(c3ccc4c(c3)C3(c5ccccc5-c5ccccc53)c3ccccc3-4)c3cccc4c5ccc6oc7ccccc7c6c5c5ccccc5c34)cc2)cc1. The molecular formula is C61H37NO. The van der Waals surface area contributed by atoms with Crippen LogP contribution in [-0.2, 0) is 5.41 Å². The lowest BCUT2D eigenvalue weighted by Crippen LogP contribution is -2.26. The lowest BCUT2D eigenvalue weighted by molar-refractivity contribution is 0.669. The zero-order valence-corrected chi connectivity index (χ0v) is 34.2. The molecule has 1 spiro atoms. The van der Waals surface area contributed by atoms with E-state index in [1.54, 1.807) is 0 Å². The Labute approximate surface area is 364 Å². The Hall–Kier alpha value is -8.20. The van der Waals surface area contributed by atoms with Gasteiger partial charge in [-0.2, -0.15) is 0 Å². The zero-order chi connectivity index (χ0) is 41.2. The van der Waals surface area contributed by atoms with Crippen LogP contribution in [0.1, 0.15) is 22.3 Å². The van der Waals surface area contributed by atoms with Gasteiger partial charge in [-0.1, -0.05) is 176 Å². The summed E-state index contributed by atoms with van der Waals surface area (Å²) in [7, 11) is 0. The van der Waals surface area contributed by atoms with Gasteiger partial charge >= 0.3 is 0 Å². The van der Waals surface area contributed by atoms with E-state index in [0.29, 0.717) is 0 Å². The molecule has 2 heteroatoms. The fourth-order valence-electron chi connectivity index (χ4n) is 11.6. The van der Waals surface area contributed by atoms with Gasteiger partial charge in [0.05, 0.1) is 11.1 Å². The predicted octanol–water partition coefficient (Wildman–Crippen LogP) is 16.5. The second-order valence-electron chi connectivity index (χ2n) is 17.1. The van der Waals surface area contributed by atoms with Gasteiger partial charge in [-0.25, -0.2) is 0 Å². The average molecular weight is 800 g/mol. The summed E-state index contributed by atoms with van der Waals surface area (Å²) in [6.07, 6.45) is 0. The second kappa shape index (κ2) is 12.9. The molecule has 12 aromatic rings.